The third-order valence-electron chi connectivity index (χ3n) is 4.17. The summed E-state index contributed by atoms with van der Waals surface area (Å²) < 4.78 is 0. The number of carbonyl (C=O) groups excluding carboxylic acids is 1. The fourth-order valence-electron chi connectivity index (χ4n) is 2.74. The van der Waals surface area contributed by atoms with Crippen LogP contribution in [-0.4, -0.2) is 22.5 Å². The molecule has 1 amide bonds. The van der Waals surface area contributed by atoms with E-state index in [4.69, 9.17) is 0 Å². The maximum absolute atomic E-state index is 11.7. The minimum Gasteiger partial charge on any atom is -0.508 e. The fourth-order valence-corrected chi connectivity index (χ4v) is 2.74. The second-order valence-electron chi connectivity index (χ2n) is 5.64. The number of amides is 1. The van der Waals surface area contributed by atoms with Gasteiger partial charge in [-0.05, 0) is 48.9 Å². The van der Waals surface area contributed by atoms with Crippen molar-refractivity contribution in [1.82, 2.24) is 10.3 Å². The van der Waals surface area contributed by atoms with Crippen molar-refractivity contribution in [2.24, 2.45) is 5.92 Å². The lowest BCUT2D eigenvalue weighted by atomic mass is 9.83. The minimum absolute atomic E-state index is 0.164. The topological polar surface area (TPSA) is 65.1 Å². The van der Waals surface area contributed by atoms with Crippen molar-refractivity contribution in [3.8, 4) is 5.75 Å². The van der Waals surface area contributed by atoms with Crippen LogP contribution in [0.4, 0.5) is 0 Å². The molecule has 0 bridgehead atoms. The maximum atomic E-state index is 11.7. The van der Waals surface area contributed by atoms with Gasteiger partial charge in [-0.2, -0.15) is 0 Å². The molecule has 0 unspecified atom stereocenters. The second kappa shape index (κ2) is 5.57. The molecular weight excluding hydrogens is 252 g/mol. The highest BCUT2D eigenvalue weighted by Gasteiger charge is 2.20. The van der Waals surface area contributed by atoms with Crippen LogP contribution >= 0.6 is 0 Å². The second-order valence-corrected chi connectivity index (χ2v) is 5.64. The highest BCUT2D eigenvalue weighted by molar-refractivity contribution is 5.84. The summed E-state index contributed by atoms with van der Waals surface area (Å²) in [5.41, 5.74) is 2.14. The molecule has 20 heavy (non-hydrogen) atoms. The van der Waals surface area contributed by atoms with Crippen molar-refractivity contribution >= 4 is 16.8 Å². The smallest absolute Gasteiger partial charge is 0.220 e. The molecule has 3 rings (SSSR count). The van der Waals surface area contributed by atoms with Gasteiger partial charge >= 0.3 is 0 Å². The summed E-state index contributed by atoms with van der Waals surface area (Å²) in [5.74, 6) is 1.05. The molecule has 1 aromatic heterocycles. The third-order valence-corrected chi connectivity index (χ3v) is 4.17. The molecule has 0 radical (unpaired) electrons. The average molecular weight is 272 g/mol. The van der Waals surface area contributed by atoms with E-state index in [9.17, 15) is 9.90 Å². The quantitative estimate of drug-likeness (QED) is 0.783. The van der Waals surface area contributed by atoms with E-state index >= 15 is 0 Å². The molecule has 3 N–H and O–H groups in total. The minimum atomic E-state index is 0.164. The highest BCUT2D eigenvalue weighted by Crippen LogP contribution is 2.29. The third kappa shape index (κ3) is 2.79. The summed E-state index contributed by atoms with van der Waals surface area (Å²) in [7, 11) is 0. The van der Waals surface area contributed by atoms with Crippen molar-refractivity contribution in [1.29, 1.82) is 0 Å². The Kier molecular flexibility index (Phi) is 3.63. The lowest BCUT2D eigenvalue weighted by molar-refractivity contribution is -0.122. The van der Waals surface area contributed by atoms with Crippen LogP contribution in [0.25, 0.3) is 10.9 Å². The summed E-state index contributed by atoms with van der Waals surface area (Å²) in [5, 5.41) is 13.5. The predicted octanol–water partition coefficient (Wildman–Crippen LogP) is 2.72. The highest BCUT2D eigenvalue weighted by atomic mass is 16.3. The van der Waals surface area contributed by atoms with Crippen LogP contribution in [0.5, 0.6) is 5.75 Å². The van der Waals surface area contributed by atoms with Gasteiger partial charge in [-0.3, -0.25) is 4.79 Å². The Morgan fingerprint density at radius 2 is 2.25 bits per heavy atom. The predicted molar refractivity (Wildman–Crippen MR) is 78.6 cm³/mol. The normalized spacial score (nSPS) is 15.2. The summed E-state index contributed by atoms with van der Waals surface area (Å²) in [4.78, 5) is 14.9. The molecule has 0 aliphatic heterocycles. The first-order valence-corrected chi connectivity index (χ1v) is 7.28. The van der Waals surface area contributed by atoms with Gasteiger partial charge in [-0.25, -0.2) is 0 Å². The van der Waals surface area contributed by atoms with Crippen LogP contribution in [-0.2, 0) is 11.2 Å². The van der Waals surface area contributed by atoms with Crippen LogP contribution in [0.1, 0.15) is 31.2 Å². The molecule has 1 aliphatic rings. The van der Waals surface area contributed by atoms with Crippen molar-refractivity contribution in [3.63, 3.8) is 0 Å². The molecule has 1 fully saturated rings. The van der Waals surface area contributed by atoms with Gasteiger partial charge in [0.15, 0.2) is 0 Å². The number of H-pyrrole nitrogens is 1. The maximum Gasteiger partial charge on any atom is 0.220 e. The van der Waals surface area contributed by atoms with E-state index in [2.05, 4.69) is 10.3 Å². The summed E-state index contributed by atoms with van der Waals surface area (Å²) in [6.07, 6.45) is 7.08. The Bertz CT molecular complexity index is 614. The first-order chi connectivity index (χ1) is 9.72. The summed E-state index contributed by atoms with van der Waals surface area (Å²) in [6, 6.07) is 5.30. The number of aromatic hydroxyl groups is 1. The molecule has 106 valence electrons. The zero-order valence-electron chi connectivity index (χ0n) is 11.5. The van der Waals surface area contributed by atoms with E-state index in [1.54, 1.807) is 12.1 Å². The number of carbonyl (C=O) groups is 1. The fraction of sp³-hybridized carbons (Fsp3) is 0.438. The zero-order valence-corrected chi connectivity index (χ0v) is 11.5. The first-order valence-electron chi connectivity index (χ1n) is 7.28. The summed E-state index contributed by atoms with van der Waals surface area (Å²) >= 11 is 0. The molecular formula is C16H20N2O2. The lowest BCUT2D eigenvalue weighted by Gasteiger charge is -2.24. The van der Waals surface area contributed by atoms with Gasteiger partial charge in [0.25, 0.3) is 0 Å². The number of hydrogen-bond acceptors (Lipinski definition) is 2. The molecule has 4 heteroatoms. The SMILES string of the molecule is O=C(CC1CCC1)NCCc1c[nH]c2ccc(O)cc12. The van der Waals surface area contributed by atoms with Crippen LogP contribution in [0.15, 0.2) is 24.4 Å². The van der Waals surface area contributed by atoms with Gasteiger partial charge in [0.05, 0.1) is 0 Å². The summed E-state index contributed by atoms with van der Waals surface area (Å²) in [6.45, 7) is 0.647. The number of aromatic nitrogens is 1. The number of nitrogens with one attached hydrogen (secondary N) is 2. The Morgan fingerprint density at radius 3 is 3.00 bits per heavy atom. The Balaban J connectivity index is 1.54. The van der Waals surface area contributed by atoms with Gasteiger partial charge in [-0.1, -0.05) is 6.42 Å². The Hall–Kier alpha value is -1.97. The first kappa shape index (κ1) is 13.0. The molecule has 1 saturated carbocycles. The molecule has 1 aromatic carbocycles. The van der Waals surface area contributed by atoms with Crippen LogP contribution < -0.4 is 5.32 Å². The van der Waals surface area contributed by atoms with Crippen LogP contribution in [0, 0.1) is 5.92 Å². The van der Waals surface area contributed by atoms with E-state index in [0.717, 1.165) is 22.9 Å². The van der Waals surface area contributed by atoms with Gasteiger partial charge in [-0.15, -0.1) is 0 Å². The Labute approximate surface area is 118 Å². The van der Waals surface area contributed by atoms with E-state index < -0.39 is 0 Å². The molecule has 1 heterocycles. The number of benzene rings is 1. The van der Waals surface area contributed by atoms with Gasteiger partial charge in [0, 0.05) is 30.1 Å². The standard InChI is InChI=1S/C16H20N2O2/c19-13-4-5-15-14(9-13)12(10-18-15)6-7-17-16(20)8-11-2-1-3-11/h4-5,9-11,18-19H,1-3,6-8H2,(H,17,20). The van der Waals surface area contributed by atoms with Gasteiger partial charge in [0.1, 0.15) is 5.75 Å². The number of aromatic amines is 1. The largest absolute Gasteiger partial charge is 0.508 e. The molecule has 2 aromatic rings. The Morgan fingerprint density at radius 1 is 1.40 bits per heavy atom. The average Bonchev–Trinajstić information content (AvgIpc) is 2.77. The number of rotatable bonds is 5. The van der Waals surface area contributed by atoms with E-state index in [-0.39, 0.29) is 11.7 Å². The molecule has 0 spiro atoms. The number of hydrogen-bond donors (Lipinski definition) is 3. The van der Waals surface area contributed by atoms with Crippen molar-refractivity contribution in [3.05, 3.63) is 30.0 Å². The number of fused-ring (bicyclic) bond motifs is 1. The molecule has 0 saturated heterocycles. The molecule has 4 nitrogen and oxygen atoms in total. The van der Waals surface area contributed by atoms with Gasteiger partial charge < -0.3 is 15.4 Å². The number of phenols is 1. The van der Waals surface area contributed by atoms with E-state index in [0.29, 0.717) is 18.9 Å². The van der Waals surface area contributed by atoms with Crippen molar-refractivity contribution in [2.45, 2.75) is 32.1 Å². The van der Waals surface area contributed by atoms with Gasteiger partial charge in [0.2, 0.25) is 5.91 Å². The van der Waals surface area contributed by atoms with Crippen molar-refractivity contribution in [2.75, 3.05) is 6.54 Å². The van der Waals surface area contributed by atoms with E-state index in [1.165, 1.54) is 19.3 Å². The van der Waals surface area contributed by atoms with Crippen molar-refractivity contribution < 1.29 is 9.90 Å². The van der Waals surface area contributed by atoms with Crippen LogP contribution in [0.2, 0.25) is 0 Å². The van der Waals surface area contributed by atoms with Crippen LogP contribution in [0.3, 0.4) is 0 Å². The molecule has 1 aliphatic carbocycles. The monoisotopic (exact) mass is 272 g/mol. The number of phenolic OH excluding ortho intramolecular Hbond substituents is 1. The molecule has 0 atom stereocenters. The zero-order chi connectivity index (χ0) is 13.9. The van der Waals surface area contributed by atoms with E-state index in [1.807, 2.05) is 12.3 Å². The lowest BCUT2D eigenvalue weighted by Crippen LogP contribution is -2.29.